The van der Waals surface area contributed by atoms with E-state index in [0.29, 0.717) is 37.4 Å². The minimum Gasteiger partial charge on any atom is -0.374 e. The molecule has 1 aromatic carbocycles. The van der Waals surface area contributed by atoms with Gasteiger partial charge in [-0.25, -0.2) is 4.39 Å². The highest BCUT2D eigenvalue weighted by atomic mass is 19.1. The average Bonchev–Trinajstić information content (AvgIpc) is 2.87. The fourth-order valence-corrected chi connectivity index (χ4v) is 3.09. The molecule has 3 rings (SSSR count). The van der Waals surface area contributed by atoms with E-state index in [-0.39, 0.29) is 11.9 Å². The average molecular weight is 328 g/mol. The van der Waals surface area contributed by atoms with Crippen molar-refractivity contribution in [1.29, 1.82) is 5.26 Å². The summed E-state index contributed by atoms with van der Waals surface area (Å²) in [6.45, 7) is 7.27. The van der Waals surface area contributed by atoms with Crippen molar-refractivity contribution in [3.8, 4) is 6.07 Å². The Morgan fingerprint density at radius 2 is 2.21 bits per heavy atom. The molecular weight excluding hydrogens is 307 g/mol. The number of hydrogen-bond donors (Lipinski definition) is 0. The number of nitriles is 1. The highest BCUT2D eigenvalue weighted by Gasteiger charge is 2.22. The Balaban J connectivity index is 1.66. The summed E-state index contributed by atoms with van der Waals surface area (Å²) in [6.07, 6.45) is 0.0268. The predicted octanol–water partition coefficient (Wildman–Crippen LogP) is 2.41. The van der Waals surface area contributed by atoms with E-state index in [0.717, 1.165) is 17.9 Å². The van der Waals surface area contributed by atoms with Gasteiger partial charge in [0.05, 0.1) is 36.6 Å². The second kappa shape index (κ2) is 7.12. The Morgan fingerprint density at radius 3 is 2.92 bits per heavy atom. The number of rotatable bonds is 4. The molecule has 0 saturated carbocycles. The van der Waals surface area contributed by atoms with Crippen LogP contribution in [0.4, 0.5) is 4.39 Å². The number of benzene rings is 1. The fourth-order valence-electron chi connectivity index (χ4n) is 3.09. The Morgan fingerprint density at radius 1 is 1.38 bits per heavy atom. The summed E-state index contributed by atoms with van der Waals surface area (Å²) in [5.41, 5.74) is 3.15. The summed E-state index contributed by atoms with van der Waals surface area (Å²) in [5, 5.41) is 13.4. The third-order valence-corrected chi connectivity index (χ3v) is 4.27. The van der Waals surface area contributed by atoms with Crippen LogP contribution in [0, 0.1) is 31.0 Å². The van der Waals surface area contributed by atoms with E-state index in [9.17, 15) is 4.39 Å². The summed E-state index contributed by atoms with van der Waals surface area (Å²) in [6, 6.07) is 8.60. The van der Waals surface area contributed by atoms with Gasteiger partial charge in [0.15, 0.2) is 0 Å². The van der Waals surface area contributed by atoms with E-state index in [2.05, 4.69) is 16.1 Å². The fraction of sp³-hybridized carbons (Fsp3) is 0.444. The predicted molar refractivity (Wildman–Crippen MR) is 87.8 cm³/mol. The van der Waals surface area contributed by atoms with Crippen molar-refractivity contribution in [2.24, 2.45) is 0 Å². The molecule has 1 aliphatic rings. The van der Waals surface area contributed by atoms with E-state index in [1.165, 1.54) is 12.1 Å². The summed E-state index contributed by atoms with van der Waals surface area (Å²) in [7, 11) is 0. The molecule has 1 fully saturated rings. The Kier molecular flexibility index (Phi) is 4.93. The summed E-state index contributed by atoms with van der Waals surface area (Å²) in [4.78, 5) is 2.17. The van der Waals surface area contributed by atoms with Gasteiger partial charge >= 0.3 is 0 Å². The van der Waals surface area contributed by atoms with Crippen LogP contribution in [0.5, 0.6) is 0 Å². The van der Waals surface area contributed by atoms with E-state index < -0.39 is 0 Å². The third kappa shape index (κ3) is 3.81. The molecular formula is C18H21FN4O. The second-order valence-electron chi connectivity index (χ2n) is 6.26. The molecule has 24 heavy (non-hydrogen) atoms. The highest BCUT2D eigenvalue weighted by Crippen LogP contribution is 2.16. The van der Waals surface area contributed by atoms with Gasteiger partial charge in [0.25, 0.3) is 0 Å². The molecule has 1 atom stereocenters. The lowest BCUT2D eigenvalue weighted by molar-refractivity contribution is -0.0407. The van der Waals surface area contributed by atoms with Crippen LogP contribution in [0.15, 0.2) is 24.3 Å². The number of morpholine rings is 1. The summed E-state index contributed by atoms with van der Waals surface area (Å²) < 4.78 is 21.8. The number of hydrogen-bond acceptors (Lipinski definition) is 4. The summed E-state index contributed by atoms with van der Waals surface area (Å²) in [5.74, 6) is -0.268. The van der Waals surface area contributed by atoms with Gasteiger partial charge in [-0.3, -0.25) is 9.58 Å². The molecule has 1 saturated heterocycles. The van der Waals surface area contributed by atoms with Crippen LogP contribution in [0.2, 0.25) is 0 Å². The van der Waals surface area contributed by atoms with E-state index in [1.54, 1.807) is 6.07 Å². The maximum Gasteiger partial charge on any atom is 0.127 e. The van der Waals surface area contributed by atoms with Gasteiger partial charge < -0.3 is 4.74 Å². The number of aryl methyl sites for hydroxylation is 2. The molecule has 0 bridgehead atoms. The van der Waals surface area contributed by atoms with Crippen molar-refractivity contribution >= 4 is 0 Å². The maximum atomic E-state index is 14.0. The normalized spacial score (nSPS) is 18.5. The third-order valence-electron chi connectivity index (χ3n) is 4.27. The first-order chi connectivity index (χ1) is 11.5. The van der Waals surface area contributed by atoms with E-state index >= 15 is 0 Å². The van der Waals surface area contributed by atoms with Crippen molar-refractivity contribution in [3.63, 3.8) is 0 Å². The molecule has 2 aromatic rings. The van der Waals surface area contributed by atoms with Gasteiger partial charge in [0, 0.05) is 30.9 Å². The first-order valence-electron chi connectivity index (χ1n) is 8.08. The number of halogens is 1. The first-order valence-corrected chi connectivity index (χ1v) is 8.08. The smallest absolute Gasteiger partial charge is 0.127 e. The van der Waals surface area contributed by atoms with Gasteiger partial charge in [-0.05, 0) is 38.1 Å². The maximum absolute atomic E-state index is 14.0. The van der Waals surface area contributed by atoms with Crippen molar-refractivity contribution in [2.75, 3.05) is 19.7 Å². The van der Waals surface area contributed by atoms with Gasteiger partial charge in [0.2, 0.25) is 0 Å². The quantitative estimate of drug-likeness (QED) is 0.865. The van der Waals surface area contributed by atoms with Crippen LogP contribution in [-0.4, -0.2) is 40.5 Å². The first kappa shape index (κ1) is 16.6. The van der Waals surface area contributed by atoms with E-state index in [1.807, 2.05) is 24.6 Å². The zero-order valence-corrected chi connectivity index (χ0v) is 14.0. The minimum atomic E-state index is -0.268. The van der Waals surface area contributed by atoms with Crippen LogP contribution in [-0.2, 0) is 17.8 Å². The van der Waals surface area contributed by atoms with Gasteiger partial charge in [-0.2, -0.15) is 10.4 Å². The Bertz CT molecular complexity index is 765. The van der Waals surface area contributed by atoms with Gasteiger partial charge in [-0.1, -0.05) is 0 Å². The van der Waals surface area contributed by atoms with Crippen molar-refractivity contribution < 1.29 is 9.13 Å². The number of ether oxygens (including phenoxy) is 1. The molecule has 1 aromatic heterocycles. The number of aromatic nitrogens is 2. The molecule has 0 spiro atoms. The van der Waals surface area contributed by atoms with Gasteiger partial charge in [-0.15, -0.1) is 0 Å². The second-order valence-corrected chi connectivity index (χ2v) is 6.26. The van der Waals surface area contributed by atoms with Gasteiger partial charge in [0.1, 0.15) is 5.82 Å². The monoisotopic (exact) mass is 328 g/mol. The zero-order valence-electron chi connectivity index (χ0n) is 14.0. The van der Waals surface area contributed by atoms with Crippen LogP contribution in [0.1, 0.15) is 22.5 Å². The molecule has 1 aliphatic heterocycles. The molecule has 5 nitrogen and oxygen atoms in total. The lowest BCUT2D eigenvalue weighted by atomic mass is 10.1. The lowest BCUT2D eigenvalue weighted by Gasteiger charge is -2.33. The van der Waals surface area contributed by atoms with Crippen LogP contribution in [0.3, 0.4) is 0 Å². The topological polar surface area (TPSA) is 54.1 Å². The minimum absolute atomic E-state index is 0.0268. The molecule has 0 radical (unpaired) electrons. The van der Waals surface area contributed by atoms with Crippen molar-refractivity contribution in [3.05, 3.63) is 52.6 Å². The van der Waals surface area contributed by atoms with Crippen LogP contribution in [0.25, 0.3) is 0 Å². The zero-order chi connectivity index (χ0) is 17.1. The molecule has 0 aliphatic carbocycles. The van der Waals surface area contributed by atoms with Crippen molar-refractivity contribution in [1.82, 2.24) is 14.7 Å². The summed E-state index contributed by atoms with van der Waals surface area (Å²) >= 11 is 0. The molecule has 0 amide bonds. The Labute approximate surface area is 141 Å². The standard InChI is InChI=1S/C18H21FN4O/c1-13-7-14(2)23(21-13)12-17-11-22(5-6-24-17)10-16-8-15(9-20)3-4-18(16)19/h3-4,7-8,17H,5-6,10-12H2,1-2H3. The molecule has 0 N–H and O–H groups in total. The van der Waals surface area contributed by atoms with Crippen LogP contribution >= 0.6 is 0 Å². The van der Waals surface area contributed by atoms with Crippen LogP contribution < -0.4 is 0 Å². The lowest BCUT2D eigenvalue weighted by Crippen LogP contribution is -2.44. The Hall–Kier alpha value is -2.23. The molecule has 2 heterocycles. The largest absolute Gasteiger partial charge is 0.374 e. The number of nitrogens with zero attached hydrogens (tertiary/aromatic N) is 4. The highest BCUT2D eigenvalue weighted by molar-refractivity contribution is 5.33. The molecule has 6 heteroatoms. The van der Waals surface area contributed by atoms with E-state index in [4.69, 9.17) is 10.00 Å². The molecule has 126 valence electrons. The SMILES string of the molecule is Cc1cc(C)n(CC2CN(Cc3cc(C#N)ccc3F)CCO2)n1. The van der Waals surface area contributed by atoms with Crippen molar-refractivity contribution in [2.45, 2.75) is 33.0 Å². The molecule has 1 unspecified atom stereocenters.